The topological polar surface area (TPSA) is 26.0 Å². The lowest BCUT2D eigenvalue weighted by Crippen LogP contribution is -2.34. The molecule has 2 aromatic rings. The number of nitrogens with two attached hydrogens (primary N) is 1. The fourth-order valence-electron chi connectivity index (χ4n) is 2.33. The smallest absolute Gasteiger partial charge is 0.00980 e. The third kappa shape index (κ3) is 2.59. The van der Waals surface area contributed by atoms with Gasteiger partial charge in [0.15, 0.2) is 0 Å². The zero-order valence-corrected chi connectivity index (χ0v) is 11.3. The van der Waals surface area contributed by atoms with Crippen molar-refractivity contribution in [3.8, 4) is 0 Å². The van der Waals surface area contributed by atoms with Gasteiger partial charge in [0.1, 0.15) is 0 Å². The Morgan fingerprint density at radius 3 is 2.53 bits per heavy atom. The van der Waals surface area contributed by atoms with E-state index in [1.807, 2.05) is 11.3 Å². The molecule has 1 atom stereocenters. The first-order valence-electron chi connectivity index (χ1n) is 5.94. The van der Waals surface area contributed by atoms with Crippen LogP contribution in [0, 0.1) is 6.92 Å². The second-order valence-electron chi connectivity index (χ2n) is 4.84. The van der Waals surface area contributed by atoms with Crippen LogP contribution in [0.4, 0.5) is 0 Å². The number of rotatable bonds is 4. The van der Waals surface area contributed by atoms with Crippen LogP contribution in [0.1, 0.15) is 22.9 Å². The van der Waals surface area contributed by atoms with Crippen LogP contribution >= 0.6 is 11.3 Å². The fourth-order valence-corrected chi connectivity index (χ4v) is 3.22. The Bertz CT molecular complexity index is 475. The monoisotopic (exact) mass is 245 g/mol. The molecule has 0 fully saturated rings. The number of benzene rings is 1. The predicted molar refractivity (Wildman–Crippen MR) is 75.6 cm³/mol. The molecule has 1 nitrogen and oxygen atoms in total. The lowest BCUT2D eigenvalue weighted by atomic mass is 9.77. The Balaban J connectivity index is 2.34. The van der Waals surface area contributed by atoms with Crippen molar-refractivity contribution in [3.05, 3.63) is 57.8 Å². The average Bonchev–Trinajstić information content (AvgIpc) is 2.82. The summed E-state index contributed by atoms with van der Waals surface area (Å²) in [6, 6.07) is 12.9. The van der Waals surface area contributed by atoms with Gasteiger partial charge in [0.25, 0.3) is 0 Å². The number of hydrogen-bond acceptors (Lipinski definition) is 2. The van der Waals surface area contributed by atoms with Gasteiger partial charge in [-0.25, -0.2) is 0 Å². The minimum Gasteiger partial charge on any atom is -0.330 e. The lowest BCUT2D eigenvalue weighted by molar-refractivity contribution is 0.482. The molecule has 0 amide bonds. The number of thiophene rings is 1. The molecule has 90 valence electrons. The second-order valence-corrected chi connectivity index (χ2v) is 5.87. The van der Waals surface area contributed by atoms with Gasteiger partial charge < -0.3 is 5.73 Å². The fraction of sp³-hybridized carbons (Fsp3) is 0.333. The first-order valence-corrected chi connectivity index (χ1v) is 6.82. The molecule has 0 aliphatic rings. The molecule has 0 saturated carbocycles. The van der Waals surface area contributed by atoms with E-state index in [2.05, 4.69) is 55.6 Å². The summed E-state index contributed by atoms with van der Waals surface area (Å²) < 4.78 is 0. The van der Waals surface area contributed by atoms with Gasteiger partial charge in [-0.1, -0.05) is 37.3 Å². The summed E-state index contributed by atoms with van der Waals surface area (Å²) in [5.74, 6) is 0. The molecule has 0 radical (unpaired) electrons. The Labute approximate surface area is 107 Å². The number of hydrogen-bond donors (Lipinski definition) is 1. The molecular weight excluding hydrogens is 226 g/mol. The van der Waals surface area contributed by atoms with E-state index in [9.17, 15) is 0 Å². The summed E-state index contributed by atoms with van der Waals surface area (Å²) >= 11 is 1.81. The predicted octanol–water partition coefficient (Wildman–Crippen LogP) is 3.52. The van der Waals surface area contributed by atoms with Crippen molar-refractivity contribution >= 4 is 11.3 Å². The van der Waals surface area contributed by atoms with E-state index in [0.717, 1.165) is 6.42 Å². The van der Waals surface area contributed by atoms with E-state index < -0.39 is 0 Å². The van der Waals surface area contributed by atoms with Crippen molar-refractivity contribution in [1.29, 1.82) is 0 Å². The van der Waals surface area contributed by atoms with Crippen LogP contribution in [0.25, 0.3) is 0 Å². The zero-order valence-electron chi connectivity index (χ0n) is 10.4. The van der Waals surface area contributed by atoms with Gasteiger partial charge in [-0.15, -0.1) is 11.3 Å². The first-order chi connectivity index (χ1) is 8.15. The summed E-state index contributed by atoms with van der Waals surface area (Å²) in [5, 5.41) is 2.13. The molecule has 1 aromatic heterocycles. The van der Waals surface area contributed by atoms with Gasteiger partial charge in [0, 0.05) is 16.8 Å². The van der Waals surface area contributed by atoms with Crippen LogP contribution in [0.2, 0.25) is 0 Å². The van der Waals surface area contributed by atoms with Crippen molar-refractivity contribution < 1.29 is 0 Å². The maximum Gasteiger partial charge on any atom is 0.00980 e. The van der Waals surface area contributed by atoms with Gasteiger partial charge in [0.2, 0.25) is 0 Å². The van der Waals surface area contributed by atoms with E-state index >= 15 is 0 Å². The standard InChI is InChI=1S/C15H19NS/c1-12-6-3-4-8-14(12)15(2,11-16)10-13-7-5-9-17-13/h3-9H,10-11,16H2,1-2H3. The minimum absolute atomic E-state index is 0.0379. The van der Waals surface area contributed by atoms with Crippen LogP contribution in [-0.2, 0) is 11.8 Å². The molecule has 1 aromatic carbocycles. The van der Waals surface area contributed by atoms with Gasteiger partial charge in [-0.2, -0.15) is 0 Å². The van der Waals surface area contributed by atoms with E-state index in [1.165, 1.54) is 16.0 Å². The minimum atomic E-state index is 0.0379. The average molecular weight is 245 g/mol. The third-order valence-corrected chi connectivity index (χ3v) is 4.27. The van der Waals surface area contributed by atoms with E-state index in [-0.39, 0.29) is 5.41 Å². The molecule has 0 spiro atoms. The molecule has 1 heterocycles. The summed E-state index contributed by atoms with van der Waals surface area (Å²) in [6.07, 6.45) is 1.02. The van der Waals surface area contributed by atoms with Crippen molar-refractivity contribution in [2.45, 2.75) is 25.7 Å². The van der Waals surface area contributed by atoms with E-state index in [0.29, 0.717) is 6.54 Å². The highest BCUT2D eigenvalue weighted by Gasteiger charge is 2.27. The summed E-state index contributed by atoms with van der Waals surface area (Å²) in [5.41, 5.74) is 8.77. The van der Waals surface area contributed by atoms with Gasteiger partial charge in [0.05, 0.1) is 0 Å². The highest BCUT2D eigenvalue weighted by molar-refractivity contribution is 7.09. The first kappa shape index (κ1) is 12.3. The van der Waals surface area contributed by atoms with Gasteiger partial charge in [-0.3, -0.25) is 0 Å². The van der Waals surface area contributed by atoms with Gasteiger partial charge >= 0.3 is 0 Å². The lowest BCUT2D eigenvalue weighted by Gasteiger charge is -2.29. The molecule has 1 unspecified atom stereocenters. The van der Waals surface area contributed by atoms with E-state index in [4.69, 9.17) is 5.73 Å². The third-order valence-electron chi connectivity index (χ3n) is 3.39. The molecule has 2 heteroatoms. The number of aryl methyl sites for hydroxylation is 1. The second kappa shape index (κ2) is 5.03. The van der Waals surface area contributed by atoms with Crippen LogP contribution in [0.5, 0.6) is 0 Å². The van der Waals surface area contributed by atoms with Crippen LogP contribution < -0.4 is 5.73 Å². The molecular formula is C15H19NS. The van der Waals surface area contributed by atoms with Crippen molar-refractivity contribution in [1.82, 2.24) is 0 Å². The quantitative estimate of drug-likeness (QED) is 0.876. The Morgan fingerprint density at radius 1 is 1.18 bits per heavy atom. The molecule has 0 saturated heterocycles. The summed E-state index contributed by atoms with van der Waals surface area (Å²) in [6.45, 7) is 5.10. The molecule has 2 N–H and O–H groups in total. The van der Waals surface area contributed by atoms with Crippen molar-refractivity contribution in [3.63, 3.8) is 0 Å². The molecule has 0 bridgehead atoms. The largest absolute Gasteiger partial charge is 0.330 e. The maximum absolute atomic E-state index is 6.03. The molecule has 0 aliphatic heterocycles. The van der Waals surface area contributed by atoms with Crippen LogP contribution in [-0.4, -0.2) is 6.54 Å². The van der Waals surface area contributed by atoms with E-state index in [1.54, 1.807) is 0 Å². The highest BCUT2D eigenvalue weighted by atomic mass is 32.1. The summed E-state index contributed by atoms with van der Waals surface area (Å²) in [7, 11) is 0. The Kier molecular flexibility index (Phi) is 3.65. The normalized spacial score (nSPS) is 14.5. The Morgan fingerprint density at radius 2 is 1.94 bits per heavy atom. The maximum atomic E-state index is 6.03. The van der Waals surface area contributed by atoms with Crippen molar-refractivity contribution in [2.75, 3.05) is 6.54 Å². The molecule has 17 heavy (non-hydrogen) atoms. The van der Waals surface area contributed by atoms with Crippen LogP contribution in [0.15, 0.2) is 41.8 Å². The van der Waals surface area contributed by atoms with Gasteiger partial charge in [-0.05, 0) is 35.9 Å². The highest BCUT2D eigenvalue weighted by Crippen LogP contribution is 2.30. The van der Waals surface area contributed by atoms with Crippen LogP contribution in [0.3, 0.4) is 0 Å². The summed E-state index contributed by atoms with van der Waals surface area (Å²) in [4.78, 5) is 1.40. The zero-order chi connectivity index (χ0) is 12.3. The Hall–Kier alpha value is -1.12. The molecule has 0 aliphatic carbocycles. The molecule has 2 rings (SSSR count). The SMILES string of the molecule is Cc1ccccc1C(C)(CN)Cc1cccs1. The van der Waals surface area contributed by atoms with Crippen molar-refractivity contribution in [2.24, 2.45) is 5.73 Å².